The van der Waals surface area contributed by atoms with E-state index in [2.05, 4.69) is 30.7 Å². The van der Waals surface area contributed by atoms with Gasteiger partial charge in [-0.2, -0.15) is 14.8 Å². The van der Waals surface area contributed by atoms with Gasteiger partial charge >= 0.3 is 0 Å². The van der Waals surface area contributed by atoms with Crippen molar-refractivity contribution in [2.45, 2.75) is 0 Å². The maximum atomic E-state index is 6.46. The fraction of sp³-hybridized carbons (Fsp3) is 0.0556. The number of nitrogens with one attached hydrogen (secondary N) is 1. The summed E-state index contributed by atoms with van der Waals surface area (Å²) in [4.78, 5) is 4.55. The molecule has 0 aliphatic carbocycles. The topological polar surface area (TPSA) is 120 Å². The highest BCUT2D eigenvalue weighted by atomic mass is 16.5. The number of tetrazole rings is 1. The number of H-pyrrole nitrogens is 1. The SMILES string of the molecule is COc1cc(-c2cnc3c(-c4nn[nH]n4)cnn3c2N)c2ccccc2c1. The molecule has 3 N–H and O–H groups in total. The molecule has 0 amide bonds. The van der Waals surface area contributed by atoms with Crippen LogP contribution in [0, 0.1) is 0 Å². The van der Waals surface area contributed by atoms with Crippen molar-refractivity contribution in [1.29, 1.82) is 0 Å². The molecule has 0 unspecified atom stereocenters. The predicted octanol–water partition coefficient (Wildman–Crippen LogP) is 2.32. The van der Waals surface area contributed by atoms with Crippen molar-refractivity contribution < 1.29 is 4.74 Å². The number of rotatable bonds is 3. The maximum Gasteiger partial charge on any atom is 0.210 e. The lowest BCUT2D eigenvalue weighted by molar-refractivity contribution is 0.415. The molecular formula is C18H14N8O. The summed E-state index contributed by atoms with van der Waals surface area (Å²) in [5.74, 6) is 1.63. The molecule has 0 bridgehead atoms. The van der Waals surface area contributed by atoms with Gasteiger partial charge < -0.3 is 10.5 Å². The minimum absolute atomic E-state index is 0.413. The van der Waals surface area contributed by atoms with Gasteiger partial charge in [-0.15, -0.1) is 10.2 Å². The molecule has 132 valence electrons. The Labute approximate surface area is 152 Å². The molecule has 5 aromatic rings. The van der Waals surface area contributed by atoms with Crippen molar-refractivity contribution in [2.75, 3.05) is 12.8 Å². The van der Waals surface area contributed by atoms with Gasteiger partial charge in [-0.3, -0.25) is 0 Å². The zero-order valence-electron chi connectivity index (χ0n) is 14.3. The Balaban J connectivity index is 1.77. The number of nitrogens with zero attached hydrogens (tertiary/aromatic N) is 6. The third-order valence-corrected chi connectivity index (χ3v) is 4.51. The molecule has 5 rings (SSSR count). The van der Waals surface area contributed by atoms with E-state index in [-0.39, 0.29) is 0 Å². The van der Waals surface area contributed by atoms with E-state index in [1.54, 1.807) is 24.0 Å². The van der Waals surface area contributed by atoms with Crippen LogP contribution < -0.4 is 10.5 Å². The number of aromatic nitrogens is 7. The van der Waals surface area contributed by atoms with E-state index in [0.29, 0.717) is 22.9 Å². The van der Waals surface area contributed by atoms with Gasteiger partial charge in [0.05, 0.1) is 18.9 Å². The Morgan fingerprint density at radius 1 is 1.07 bits per heavy atom. The highest BCUT2D eigenvalue weighted by Crippen LogP contribution is 2.36. The average Bonchev–Trinajstić information content (AvgIpc) is 3.37. The van der Waals surface area contributed by atoms with Crippen molar-refractivity contribution in [3.8, 4) is 28.3 Å². The highest BCUT2D eigenvalue weighted by Gasteiger charge is 2.17. The summed E-state index contributed by atoms with van der Waals surface area (Å²) in [5.41, 5.74) is 9.35. The zero-order valence-corrected chi connectivity index (χ0v) is 14.3. The molecule has 9 heteroatoms. The molecule has 0 saturated carbocycles. The molecule has 0 spiro atoms. The second kappa shape index (κ2) is 5.77. The monoisotopic (exact) mass is 358 g/mol. The Kier molecular flexibility index (Phi) is 3.26. The van der Waals surface area contributed by atoms with Crippen LogP contribution in [0.3, 0.4) is 0 Å². The Morgan fingerprint density at radius 2 is 1.96 bits per heavy atom. The number of methoxy groups -OCH3 is 1. The normalized spacial score (nSPS) is 11.3. The molecule has 27 heavy (non-hydrogen) atoms. The number of ether oxygens (including phenoxy) is 1. The van der Waals surface area contributed by atoms with Crippen LogP contribution in [0.4, 0.5) is 5.82 Å². The number of fused-ring (bicyclic) bond motifs is 2. The second-order valence-corrected chi connectivity index (χ2v) is 5.98. The van der Waals surface area contributed by atoms with Gasteiger partial charge in [-0.25, -0.2) is 4.98 Å². The predicted molar refractivity (Wildman–Crippen MR) is 100 cm³/mol. The van der Waals surface area contributed by atoms with E-state index in [1.165, 1.54) is 0 Å². The minimum atomic E-state index is 0.413. The Morgan fingerprint density at radius 3 is 2.78 bits per heavy atom. The summed E-state index contributed by atoms with van der Waals surface area (Å²) in [5, 5.41) is 20.4. The lowest BCUT2D eigenvalue weighted by atomic mass is 9.99. The molecule has 0 radical (unpaired) electrons. The summed E-state index contributed by atoms with van der Waals surface area (Å²) >= 11 is 0. The van der Waals surface area contributed by atoms with E-state index in [9.17, 15) is 0 Å². The third-order valence-electron chi connectivity index (χ3n) is 4.51. The lowest BCUT2D eigenvalue weighted by Crippen LogP contribution is -2.03. The van der Waals surface area contributed by atoms with Gasteiger partial charge in [0, 0.05) is 11.8 Å². The van der Waals surface area contributed by atoms with Gasteiger partial charge in [-0.1, -0.05) is 24.3 Å². The van der Waals surface area contributed by atoms with Crippen molar-refractivity contribution in [3.05, 3.63) is 48.8 Å². The first kappa shape index (κ1) is 15.3. The van der Waals surface area contributed by atoms with Crippen molar-refractivity contribution >= 4 is 22.2 Å². The van der Waals surface area contributed by atoms with E-state index in [0.717, 1.165) is 27.6 Å². The second-order valence-electron chi connectivity index (χ2n) is 5.98. The van der Waals surface area contributed by atoms with Crippen LogP contribution in [0.1, 0.15) is 0 Å². The standard InChI is InChI=1S/C18H14N8O/c1-27-11-6-10-4-2-3-5-12(10)13(7-11)14-8-20-18-15(17-22-24-25-23-17)9-21-26(18)16(14)19/h2-9H,19H2,1H3,(H,22,23,24,25). The van der Waals surface area contributed by atoms with E-state index in [1.807, 2.05) is 36.4 Å². The molecule has 0 saturated heterocycles. The number of anilines is 1. The van der Waals surface area contributed by atoms with Crippen LogP contribution in [-0.4, -0.2) is 42.3 Å². The van der Waals surface area contributed by atoms with E-state index >= 15 is 0 Å². The largest absolute Gasteiger partial charge is 0.497 e. The van der Waals surface area contributed by atoms with Gasteiger partial charge in [0.15, 0.2) is 5.65 Å². The average molecular weight is 358 g/mol. The van der Waals surface area contributed by atoms with Crippen molar-refractivity contribution in [1.82, 2.24) is 35.2 Å². The van der Waals surface area contributed by atoms with Crippen LogP contribution in [0.25, 0.3) is 38.9 Å². The molecule has 0 fully saturated rings. The van der Waals surface area contributed by atoms with Crippen LogP contribution >= 0.6 is 0 Å². The summed E-state index contributed by atoms with van der Waals surface area (Å²) in [6.07, 6.45) is 3.36. The molecule has 0 atom stereocenters. The lowest BCUT2D eigenvalue weighted by Gasteiger charge is -2.12. The van der Waals surface area contributed by atoms with Gasteiger partial charge in [0.2, 0.25) is 5.82 Å². The van der Waals surface area contributed by atoms with E-state index in [4.69, 9.17) is 10.5 Å². The highest BCUT2D eigenvalue weighted by molar-refractivity contribution is 6.00. The number of aromatic amines is 1. The number of benzene rings is 2. The Bertz CT molecular complexity index is 1280. The molecule has 0 aliphatic rings. The van der Waals surface area contributed by atoms with Gasteiger partial charge in [0.25, 0.3) is 0 Å². The number of nitrogen functional groups attached to an aromatic ring is 1. The summed E-state index contributed by atoms with van der Waals surface area (Å²) in [6.45, 7) is 0. The quantitative estimate of drug-likeness (QED) is 0.508. The third kappa shape index (κ3) is 2.29. The van der Waals surface area contributed by atoms with Crippen LogP contribution in [0.2, 0.25) is 0 Å². The summed E-state index contributed by atoms with van der Waals surface area (Å²) in [6, 6.07) is 12.0. The van der Waals surface area contributed by atoms with Crippen molar-refractivity contribution in [2.24, 2.45) is 0 Å². The molecule has 3 heterocycles. The van der Waals surface area contributed by atoms with Crippen LogP contribution in [-0.2, 0) is 0 Å². The smallest absolute Gasteiger partial charge is 0.210 e. The first-order valence-corrected chi connectivity index (χ1v) is 8.19. The molecule has 9 nitrogen and oxygen atoms in total. The van der Waals surface area contributed by atoms with Crippen LogP contribution in [0.15, 0.2) is 48.8 Å². The molecule has 2 aromatic carbocycles. The summed E-state index contributed by atoms with van der Waals surface area (Å²) in [7, 11) is 1.64. The number of hydrogen-bond donors (Lipinski definition) is 2. The first-order chi connectivity index (χ1) is 13.3. The van der Waals surface area contributed by atoms with Gasteiger partial charge in [0.1, 0.15) is 11.6 Å². The fourth-order valence-electron chi connectivity index (χ4n) is 3.21. The number of nitrogens with two attached hydrogens (primary N) is 1. The Hall–Kier alpha value is -4.01. The molecule has 3 aromatic heterocycles. The molecule has 0 aliphatic heterocycles. The zero-order chi connectivity index (χ0) is 18.4. The minimum Gasteiger partial charge on any atom is -0.497 e. The summed E-state index contributed by atoms with van der Waals surface area (Å²) < 4.78 is 7.03. The molecular weight excluding hydrogens is 344 g/mol. The van der Waals surface area contributed by atoms with Gasteiger partial charge in [-0.05, 0) is 33.7 Å². The maximum absolute atomic E-state index is 6.46. The van der Waals surface area contributed by atoms with E-state index < -0.39 is 0 Å². The van der Waals surface area contributed by atoms with Crippen LogP contribution in [0.5, 0.6) is 5.75 Å². The fourth-order valence-corrected chi connectivity index (χ4v) is 3.21. The first-order valence-electron chi connectivity index (χ1n) is 8.19. The van der Waals surface area contributed by atoms with Crippen molar-refractivity contribution in [3.63, 3.8) is 0 Å². The number of hydrogen-bond acceptors (Lipinski definition) is 7.